The van der Waals surface area contributed by atoms with Crippen molar-refractivity contribution in [1.29, 1.82) is 0 Å². The molecule has 12 heavy (non-hydrogen) atoms. The van der Waals surface area contributed by atoms with E-state index in [0.717, 1.165) is 0 Å². The van der Waals surface area contributed by atoms with Crippen molar-refractivity contribution in [3.8, 4) is 0 Å². The first-order chi connectivity index (χ1) is 5.40. The highest BCUT2D eigenvalue weighted by atomic mass is 16.5. The van der Waals surface area contributed by atoms with E-state index in [1.165, 1.54) is 0 Å². The molecule has 0 aliphatic carbocycles. The lowest BCUT2D eigenvalue weighted by Crippen LogP contribution is -2.42. The van der Waals surface area contributed by atoms with Crippen LogP contribution < -0.4 is 0 Å². The van der Waals surface area contributed by atoms with Crippen LogP contribution in [0.15, 0.2) is 0 Å². The SMILES string of the molecule is CCC(=O)OCC(C)(C)N(C)C. The van der Waals surface area contributed by atoms with Crippen LogP contribution in [0.4, 0.5) is 0 Å². The molecule has 0 spiro atoms. The molecule has 0 unspecified atom stereocenters. The zero-order valence-electron chi connectivity index (χ0n) is 8.68. The molecule has 0 saturated heterocycles. The highest BCUT2D eigenvalue weighted by Gasteiger charge is 2.21. The molecule has 0 bridgehead atoms. The van der Waals surface area contributed by atoms with Crippen molar-refractivity contribution in [3.63, 3.8) is 0 Å². The van der Waals surface area contributed by atoms with Crippen LogP contribution in [0.2, 0.25) is 0 Å². The number of carbonyl (C=O) groups excluding carboxylic acids is 1. The maximum Gasteiger partial charge on any atom is 0.305 e. The minimum atomic E-state index is -0.134. The number of nitrogens with zero attached hydrogens (tertiary/aromatic N) is 1. The lowest BCUT2D eigenvalue weighted by Gasteiger charge is -2.31. The van der Waals surface area contributed by atoms with Crippen LogP contribution >= 0.6 is 0 Å². The van der Waals surface area contributed by atoms with Gasteiger partial charge in [-0.15, -0.1) is 0 Å². The Balaban J connectivity index is 3.83. The Hall–Kier alpha value is -0.570. The van der Waals surface area contributed by atoms with E-state index in [1.54, 1.807) is 6.92 Å². The van der Waals surface area contributed by atoms with Gasteiger partial charge >= 0.3 is 5.97 Å². The lowest BCUT2D eigenvalue weighted by atomic mass is 10.1. The van der Waals surface area contributed by atoms with Gasteiger partial charge in [0.1, 0.15) is 6.61 Å². The molecule has 3 heteroatoms. The summed E-state index contributed by atoms with van der Waals surface area (Å²) in [6, 6.07) is 0. The molecular formula is C9H19NO2. The van der Waals surface area contributed by atoms with E-state index in [9.17, 15) is 4.79 Å². The fourth-order valence-corrected chi connectivity index (χ4v) is 0.488. The topological polar surface area (TPSA) is 29.5 Å². The van der Waals surface area contributed by atoms with Gasteiger partial charge in [0.05, 0.1) is 0 Å². The van der Waals surface area contributed by atoms with E-state index in [4.69, 9.17) is 4.74 Å². The van der Waals surface area contributed by atoms with Gasteiger partial charge in [0.25, 0.3) is 0 Å². The fraction of sp³-hybridized carbons (Fsp3) is 0.889. The number of rotatable bonds is 4. The Labute approximate surface area is 74.7 Å². The van der Waals surface area contributed by atoms with Crippen molar-refractivity contribution in [2.75, 3.05) is 20.7 Å². The molecule has 0 saturated carbocycles. The summed E-state index contributed by atoms with van der Waals surface area (Å²) in [5, 5.41) is 0. The van der Waals surface area contributed by atoms with Gasteiger partial charge in [0, 0.05) is 12.0 Å². The van der Waals surface area contributed by atoms with Gasteiger partial charge in [-0.05, 0) is 27.9 Å². The largest absolute Gasteiger partial charge is 0.464 e. The lowest BCUT2D eigenvalue weighted by molar-refractivity contribution is -0.146. The Morgan fingerprint density at radius 1 is 1.42 bits per heavy atom. The molecule has 0 rings (SSSR count). The van der Waals surface area contributed by atoms with Crippen LogP contribution in [-0.4, -0.2) is 37.1 Å². The van der Waals surface area contributed by atoms with E-state index >= 15 is 0 Å². The van der Waals surface area contributed by atoms with Crippen LogP contribution in [0.3, 0.4) is 0 Å². The molecule has 0 aromatic rings. The number of hydrogen-bond donors (Lipinski definition) is 0. The quantitative estimate of drug-likeness (QED) is 0.600. The zero-order chi connectivity index (χ0) is 9.78. The second-order valence-electron chi connectivity index (χ2n) is 3.72. The molecule has 3 nitrogen and oxygen atoms in total. The summed E-state index contributed by atoms with van der Waals surface area (Å²) in [5.41, 5.74) is -0.0785. The van der Waals surface area contributed by atoms with E-state index < -0.39 is 0 Å². The maximum atomic E-state index is 10.8. The second-order valence-corrected chi connectivity index (χ2v) is 3.72. The van der Waals surface area contributed by atoms with Crippen LogP contribution in [0.25, 0.3) is 0 Å². The molecule has 0 atom stereocenters. The molecule has 0 aliphatic rings. The minimum Gasteiger partial charge on any atom is -0.464 e. The number of esters is 1. The Morgan fingerprint density at radius 2 is 1.92 bits per heavy atom. The number of likely N-dealkylation sites (N-methyl/N-ethyl adjacent to an activating group) is 1. The number of carbonyl (C=O) groups is 1. The first-order valence-corrected chi connectivity index (χ1v) is 4.23. The van der Waals surface area contributed by atoms with Gasteiger partial charge in [-0.3, -0.25) is 4.79 Å². The summed E-state index contributed by atoms with van der Waals surface area (Å²) in [6.07, 6.45) is 0.448. The van der Waals surface area contributed by atoms with Crippen LogP contribution in [0.1, 0.15) is 27.2 Å². The average Bonchev–Trinajstić information content (AvgIpc) is 2.00. The summed E-state index contributed by atoms with van der Waals surface area (Å²) >= 11 is 0. The molecule has 0 fully saturated rings. The van der Waals surface area contributed by atoms with Crippen LogP contribution in [0, 0.1) is 0 Å². The fourth-order valence-electron chi connectivity index (χ4n) is 0.488. The molecule has 0 aliphatic heterocycles. The van der Waals surface area contributed by atoms with Crippen LogP contribution in [-0.2, 0) is 9.53 Å². The van der Waals surface area contributed by atoms with Crippen LogP contribution in [0.5, 0.6) is 0 Å². The summed E-state index contributed by atoms with van der Waals surface area (Å²) in [5.74, 6) is -0.134. The van der Waals surface area contributed by atoms with E-state index in [0.29, 0.717) is 13.0 Å². The maximum absolute atomic E-state index is 10.8. The molecule has 0 radical (unpaired) electrons. The molecule has 0 heterocycles. The van der Waals surface area contributed by atoms with Crippen molar-refractivity contribution >= 4 is 5.97 Å². The zero-order valence-corrected chi connectivity index (χ0v) is 8.68. The Kier molecular flexibility index (Phi) is 4.24. The molecule has 72 valence electrons. The average molecular weight is 173 g/mol. The standard InChI is InChI=1S/C9H19NO2/c1-6-8(11)12-7-9(2,3)10(4)5/h6-7H2,1-5H3. The van der Waals surface area contributed by atoms with E-state index in [1.807, 2.05) is 32.8 Å². The second kappa shape index (κ2) is 4.45. The van der Waals surface area contributed by atoms with Gasteiger partial charge in [-0.25, -0.2) is 0 Å². The Morgan fingerprint density at radius 3 is 2.25 bits per heavy atom. The summed E-state index contributed by atoms with van der Waals surface area (Å²) in [7, 11) is 3.94. The van der Waals surface area contributed by atoms with Crippen molar-refractivity contribution in [2.45, 2.75) is 32.7 Å². The number of ether oxygens (including phenoxy) is 1. The minimum absolute atomic E-state index is 0.0785. The van der Waals surface area contributed by atoms with E-state index in [2.05, 4.69) is 0 Å². The molecule has 0 N–H and O–H groups in total. The molecule has 0 aromatic carbocycles. The Bertz CT molecular complexity index is 153. The monoisotopic (exact) mass is 173 g/mol. The normalized spacial score (nSPS) is 11.8. The number of hydrogen-bond acceptors (Lipinski definition) is 3. The third-order valence-corrected chi connectivity index (χ3v) is 2.09. The van der Waals surface area contributed by atoms with Crippen molar-refractivity contribution < 1.29 is 9.53 Å². The predicted molar refractivity (Wildman–Crippen MR) is 49.0 cm³/mol. The third-order valence-electron chi connectivity index (χ3n) is 2.09. The van der Waals surface area contributed by atoms with E-state index in [-0.39, 0.29) is 11.5 Å². The summed E-state index contributed by atoms with van der Waals surface area (Å²) in [6.45, 7) is 6.32. The van der Waals surface area contributed by atoms with Crippen molar-refractivity contribution in [2.24, 2.45) is 0 Å². The highest BCUT2D eigenvalue weighted by Crippen LogP contribution is 2.10. The molecule has 0 amide bonds. The smallest absolute Gasteiger partial charge is 0.305 e. The first kappa shape index (κ1) is 11.4. The van der Waals surface area contributed by atoms with Gasteiger partial charge < -0.3 is 9.64 Å². The third kappa shape index (κ3) is 3.72. The van der Waals surface area contributed by atoms with Gasteiger partial charge in [-0.2, -0.15) is 0 Å². The van der Waals surface area contributed by atoms with Crippen molar-refractivity contribution in [1.82, 2.24) is 4.90 Å². The van der Waals surface area contributed by atoms with Gasteiger partial charge in [0.2, 0.25) is 0 Å². The first-order valence-electron chi connectivity index (χ1n) is 4.23. The summed E-state index contributed by atoms with van der Waals surface area (Å²) in [4.78, 5) is 12.9. The molecular weight excluding hydrogens is 154 g/mol. The highest BCUT2D eigenvalue weighted by molar-refractivity contribution is 5.68. The van der Waals surface area contributed by atoms with Gasteiger partial charge in [-0.1, -0.05) is 6.92 Å². The summed E-state index contributed by atoms with van der Waals surface area (Å²) < 4.78 is 5.04. The van der Waals surface area contributed by atoms with Crippen molar-refractivity contribution in [3.05, 3.63) is 0 Å². The van der Waals surface area contributed by atoms with Gasteiger partial charge in [0.15, 0.2) is 0 Å². The predicted octanol–water partition coefficient (Wildman–Crippen LogP) is 1.28. The molecule has 0 aromatic heterocycles.